The standard InChI is InChI=1S/C16H16FNO7S/c1-10-14(16(20)23-2)7-12(25-10)9-24-15(19)8-18-26(21,22)13-5-3-11(17)4-6-13/h3-7,18H,8-9H2,1-2H3. The number of hydrogen-bond donors (Lipinski definition) is 1. The van der Waals surface area contributed by atoms with Gasteiger partial charge in [0.15, 0.2) is 0 Å². The Morgan fingerprint density at radius 1 is 1.23 bits per heavy atom. The third kappa shape index (κ3) is 4.90. The van der Waals surface area contributed by atoms with Gasteiger partial charge in [0.25, 0.3) is 0 Å². The minimum absolute atomic E-state index is 0.184. The van der Waals surface area contributed by atoms with Crippen molar-refractivity contribution in [1.29, 1.82) is 0 Å². The minimum Gasteiger partial charge on any atom is -0.465 e. The van der Waals surface area contributed by atoms with Crippen molar-refractivity contribution in [3.05, 3.63) is 53.2 Å². The minimum atomic E-state index is -3.97. The highest BCUT2D eigenvalue weighted by Crippen LogP contribution is 2.16. The van der Waals surface area contributed by atoms with Crippen molar-refractivity contribution in [3.63, 3.8) is 0 Å². The van der Waals surface area contributed by atoms with E-state index in [1.807, 2.05) is 4.72 Å². The molecule has 0 unspecified atom stereocenters. The second kappa shape index (κ2) is 8.11. The predicted octanol–water partition coefficient (Wildman–Crippen LogP) is 1.54. The lowest BCUT2D eigenvalue weighted by Gasteiger charge is -2.06. The molecule has 0 saturated heterocycles. The van der Waals surface area contributed by atoms with E-state index >= 15 is 0 Å². The van der Waals surface area contributed by atoms with E-state index in [0.29, 0.717) is 5.76 Å². The fourth-order valence-corrected chi connectivity index (χ4v) is 2.95. The van der Waals surface area contributed by atoms with Gasteiger partial charge in [0.2, 0.25) is 10.0 Å². The van der Waals surface area contributed by atoms with E-state index in [1.54, 1.807) is 6.92 Å². The molecule has 8 nitrogen and oxygen atoms in total. The largest absolute Gasteiger partial charge is 0.465 e. The van der Waals surface area contributed by atoms with Crippen molar-refractivity contribution >= 4 is 22.0 Å². The van der Waals surface area contributed by atoms with E-state index in [-0.39, 0.29) is 22.8 Å². The Kier molecular flexibility index (Phi) is 6.11. The number of furan rings is 1. The van der Waals surface area contributed by atoms with Gasteiger partial charge in [-0.3, -0.25) is 4.79 Å². The molecule has 0 aliphatic carbocycles. The number of carbonyl (C=O) groups excluding carboxylic acids is 2. The summed E-state index contributed by atoms with van der Waals surface area (Å²) >= 11 is 0. The average molecular weight is 385 g/mol. The van der Waals surface area contributed by atoms with Crippen LogP contribution in [0.2, 0.25) is 0 Å². The maximum atomic E-state index is 12.8. The molecular formula is C16H16FNO7S. The van der Waals surface area contributed by atoms with Crippen LogP contribution in [-0.2, 0) is 30.9 Å². The highest BCUT2D eigenvalue weighted by Gasteiger charge is 2.18. The fourth-order valence-electron chi connectivity index (χ4n) is 1.98. The third-order valence-corrected chi connectivity index (χ3v) is 4.70. The molecule has 0 aliphatic heterocycles. The van der Waals surface area contributed by atoms with Gasteiger partial charge in [0, 0.05) is 0 Å². The quantitative estimate of drug-likeness (QED) is 0.720. The first-order chi connectivity index (χ1) is 12.2. The number of sulfonamides is 1. The number of aryl methyl sites for hydroxylation is 1. The van der Waals surface area contributed by atoms with Crippen molar-refractivity contribution in [2.45, 2.75) is 18.4 Å². The van der Waals surface area contributed by atoms with E-state index < -0.39 is 34.3 Å². The Balaban J connectivity index is 1.89. The number of hydrogen-bond acceptors (Lipinski definition) is 7. The Morgan fingerprint density at radius 3 is 2.50 bits per heavy atom. The molecule has 0 fully saturated rings. The molecule has 0 radical (unpaired) electrons. The van der Waals surface area contributed by atoms with E-state index in [1.165, 1.54) is 13.2 Å². The number of ether oxygens (including phenoxy) is 2. The van der Waals surface area contributed by atoms with Crippen LogP contribution in [0.5, 0.6) is 0 Å². The summed E-state index contributed by atoms with van der Waals surface area (Å²) in [6.07, 6.45) is 0. The molecule has 0 spiro atoms. The van der Waals surface area contributed by atoms with Gasteiger partial charge in [-0.2, -0.15) is 4.72 Å². The molecule has 2 aromatic rings. The number of carbonyl (C=O) groups is 2. The molecular weight excluding hydrogens is 369 g/mol. The Bertz CT molecular complexity index is 903. The zero-order valence-electron chi connectivity index (χ0n) is 13.9. The zero-order chi connectivity index (χ0) is 19.3. The highest BCUT2D eigenvalue weighted by atomic mass is 32.2. The maximum absolute atomic E-state index is 12.8. The summed E-state index contributed by atoms with van der Waals surface area (Å²) in [6, 6.07) is 5.50. The van der Waals surface area contributed by atoms with Crippen LogP contribution in [-0.4, -0.2) is 34.0 Å². The van der Waals surface area contributed by atoms with Crippen molar-refractivity contribution in [2.24, 2.45) is 0 Å². The molecule has 1 heterocycles. The van der Waals surface area contributed by atoms with Gasteiger partial charge in [-0.25, -0.2) is 17.6 Å². The summed E-state index contributed by atoms with van der Waals surface area (Å²) in [4.78, 5) is 23.0. The number of methoxy groups -OCH3 is 1. The molecule has 1 aromatic heterocycles. The molecule has 26 heavy (non-hydrogen) atoms. The van der Waals surface area contributed by atoms with Crippen LogP contribution < -0.4 is 4.72 Å². The number of halogens is 1. The fraction of sp³-hybridized carbons (Fsp3) is 0.250. The maximum Gasteiger partial charge on any atom is 0.341 e. The van der Waals surface area contributed by atoms with Crippen LogP contribution >= 0.6 is 0 Å². The summed E-state index contributed by atoms with van der Waals surface area (Å²) in [6.45, 7) is 0.645. The molecule has 2 rings (SSSR count). The third-order valence-electron chi connectivity index (χ3n) is 3.28. The van der Waals surface area contributed by atoms with Crippen LogP contribution in [0, 0.1) is 12.7 Å². The molecule has 1 N–H and O–H groups in total. The first kappa shape index (κ1) is 19.6. The Morgan fingerprint density at radius 2 is 1.88 bits per heavy atom. The number of esters is 2. The lowest BCUT2D eigenvalue weighted by Crippen LogP contribution is -2.30. The van der Waals surface area contributed by atoms with Gasteiger partial charge in [-0.05, 0) is 37.3 Å². The SMILES string of the molecule is COC(=O)c1cc(COC(=O)CNS(=O)(=O)c2ccc(F)cc2)oc1C. The monoisotopic (exact) mass is 385 g/mol. The second-order valence-corrected chi connectivity index (χ2v) is 6.88. The predicted molar refractivity (Wildman–Crippen MR) is 86.2 cm³/mol. The van der Waals surface area contributed by atoms with Crippen LogP contribution in [0.1, 0.15) is 21.9 Å². The summed E-state index contributed by atoms with van der Waals surface area (Å²) in [5, 5.41) is 0. The van der Waals surface area contributed by atoms with Gasteiger partial charge in [-0.15, -0.1) is 0 Å². The van der Waals surface area contributed by atoms with Crippen LogP contribution in [0.4, 0.5) is 4.39 Å². The summed E-state index contributed by atoms with van der Waals surface area (Å²) in [5.74, 6) is -1.51. The topological polar surface area (TPSA) is 112 Å². The Labute approximate surface area is 148 Å². The van der Waals surface area contributed by atoms with Crippen molar-refractivity contribution in [2.75, 3.05) is 13.7 Å². The Hall–Kier alpha value is -2.72. The lowest BCUT2D eigenvalue weighted by molar-refractivity contribution is -0.144. The molecule has 0 amide bonds. The normalized spacial score (nSPS) is 11.2. The van der Waals surface area contributed by atoms with E-state index in [2.05, 4.69) is 4.74 Å². The number of rotatable bonds is 7. The van der Waals surface area contributed by atoms with Crippen LogP contribution in [0.25, 0.3) is 0 Å². The van der Waals surface area contributed by atoms with E-state index in [0.717, 1.165) is 24.3 Å². The molecule has 10 heteroatoms. The number of nitrogens with one attached hydrogen (secondary N) is 1. The molecule has 1 aromatic carbocycles. The van der Waals surface area contributed by atoms with Gasteiger partial charge >= 0.3 is 11.9 Å². The summed E-state index contributed by atoms with van der Waals surface area (Å²) in [5.41, 5.74) is 0.204. The van der Waals surface area contributed by atoms with Gasteiger partial charge in [0.05, 0.1) is 12.0 Å². The first-order valence-corrected chi connectivity index (χ1v) is 8.79. The van der Waals surface area contributed by atoms with Crippen LogP contribution in [0.15, 0.2) is 39.6 Å². The lowest BCUT2D eigenvalue weighted by atomic mass is 10.2. The van der Waals surface area contributed by atoms with Gasteiger partial charge < -0.3 is 13.9 Å². The van der Waals surface area contributed by atoms with Gasteiger partial charge in [0.1, 0.15) is 36.1 Å². The summed E-state index contributed by atoms with van der Waals surface area (Å²) < 4.78 is 53.5. The average Bonchev–Trinajstić information content (AvgIpc) is 2.98. The molecule has 0 aliphatic rings. The van der Waals surface area contributed by atoms with E-state index in [9.17, 15) is 22.4 Å². The molecule has 0 bridgehead atoms. The second-order valence-electron chi connectivity index (χ2n) is 5.11. The van der Waals surface area contributed by atoms with Crippen LogP contribution in [0.3, 0.4) is 0 Å². The van der Waals surface area contributed by atoms with Crippen molar-refractivity contribution < 1.29 is 36.3 Å². The smallest absolute Gasteiger partial charge is 0.341 e. The molecule has 140 valence electrons. The van der Waals surface area contributed by atoms with Gasteiger partial charge in [-0.1, -0.05) is 0 Å². The van der Waals surface area contributed by atoms with Crippen molar-refractivity contribution in [3.8, 4) is 0 Å². The zero-order valence-corrected chi connectivity index (χ0v) is 14.8. The van der Waals surface area contributed by atoms with E-state index in [4.69, 9.17) is 9.15 Å². The molecule has 0 saturated carbocycles. The highest BCUT2D eigenvalue weighted by molar-refractivity contribution is 7.89. The summed E-state index contributed by atoms with van der Waals surface area (Å²) in [7, 11) is -2.75. The number of benzene rings is 1. The first-order valence-electron chi connectivity index (χ1n) is 7.31. The molecule has 0 atom stereocenters. The van der Waals surface area contributed by atoms with Crippen molar-refractivity contribution in [1.82, 2.24) is 4.72 Å².